The minimum Gasteiger partial charge on any atom is -0.466 e. The van der Waals surface area contributed by atoms with Crippen LogP contribution in [0.5, 0.6) is 0 Å². The molecule has 18 heavy (non-hydrogen) atoms. The Balaban J connectivity index is 4.99. The van der Waals surface area contributed by atoms with Gasteiger partial charge in [-0.25, -0.2) is 14.4 Å². The molecular weight excluding hydrogens is 240 g/mol. The van der Waals surface area contributed by atoms with E-state index < -0.39 is 17.9 Å². The summed E-state index contributed by atoms with van der Waals surface area (Å²) in [6, 6.07) is 0. The second kappa shape index (κ2) is 8.58. The molecule has 0 rings (SSSR count). The molecule has 0 heterocycles. The van der Waals surface area contributed by atoms with E-state index in [4.69, 9.17) is 0 Å². The average Bonchev–Trinajstić information content (AvgIpc) is 2.40. The first-order valence-corrected chi connectivity index (χ1v) is 4.69. The largest absolute Gasteiger partial charge is 0.466 e. The number of carbonyl (C=O) groups excluding carboxylic acids is 3. The van der Waals surface area contributed by atoms with Gasteiger partial charge in [-0.3, -0.25) is 0 Å². The topological polar surface area (TPSA) is 78.9 Å². The zero-order valence-electron chi connectivity index (χ0n) is 10.2. The van der Waals surface area contributed by atoms with E-state index in [9.17, 15) is 14.4 Å². The summed E-state index contributed by atoms with van der Waals surface area (Å²) in [7, 11) is 3.55. The van der Waals surface area contributed by atoms with Crippen LogP contribution >= 0.6 is 0 Å². The van der Waals surface area contributed by atoms with Gasteiger partial charge in [0.25, 0.3) is 0 Å². The van der Waals surface area contributed by atoms with Gasteiger partial charge in [-0.2, -0.15) is 0 Å². The summed E-state index contributed by atoms with van der Waals surface area (Å²) < 4.78 is 13.1. The molecule has 0 amide bonds. The standard InChI is InChI=1S/C12H12O6/c1-16-10(13)6-4-5-9(12(15)18-3)7-8-11(14)17-2/h4-6H,1-3H3/b6-4+,9-5+. The van der Waals surface area contributed by atoms with Crippen molar-refractivity contribution < 1.29 is 28.6 Å². The van der Waals surface area contributed by atoms with Crippen LogP contribution in [0.15, 0.2) is 23.8 Å². The maximum absolute atomic E-state index is 11.3. The number of hydrogen-bond acceptors (Lipinski definition) is 6. The monoisotopic (exact) mass is 252 g/mol. The van der Waals surface area contributed by atoms with E-state index >= 15 is 0 Å². The molecule has 0 aliphatic heterocycles. The van der Waals surface area contributed by atoms with Gasteiger partial charge in [0.1, 0.15) is 5.57 Å². The van der Waals surface area contributed by atoms with Gasteiger partial charge in [0, 0.05) is 12.0 Å². The average molecular weight is 252 g/mol. The van der Waals surface area contributed by atoms with Crippen LogP contribution in [0.1, 0.15) is 0 Å². The fourth-order valence-electron chi connectivity index (χ4n) is 0.731. The summed E-state index contributed by atoms with van der Waals surface area (Å²) in [6.45, 7) is 0. The number of carbonyl (C=O) groups is 3. The Morgan fingerprint density at radius 3 is 2.11 bits per heavy atom. The quantitative estimate of drug-likeness (QED) is 0.175. The zero-order chi connectivity index (χ0) is 14.0. The van der Waals surface area contributed by atoms with Gasteiger partial charge in [-0.05, 0) is 12.0 Å². The van der Waals surface area contributed by atoms with Crippen LogP contribution < -0.4 is 0 Å². The van der Waals surface area contributed by atoms with Gasteiger partial charge in [0.2, 0.25) is 0 Å². The lowest BCUT2D eigenvalue weighted by molar-refractivity contribution is -0.136. The number of rotatable bonds is 3. The van der Waals surface area contributed by atoms with Crippen LogP contribution in [0, 0.1) is 11.8 Å². The highest BCUT2D eigenvalue weighted by Gasteiger charge is 2.05. The SMILES string of the molecule is COC(=O)C#C/C(=C\C=C\C(=O)OC)C(=O)OC. The van der Waals surface area contributed by atoms with Crippen LogP contribution in [-0.4, -0.2) is 39.2 Å². The molecule has 0 aromatic heterocycles. The lowest BCUT2D eigenvalue weighted by Crippen LogP contribution is -2.04. The highest BCUT2D eigenvalue weighted by molar-refractivity contribution is 5.97. The highest BCUT2D eigenvalue weighted by atomic mass is 16.5. The lowest BCUT2D eigenvalue weighted by Gasteiger charge is -1.95. The molecule has 0 aromatic carbocycles. The maximum Gasteiger partial charge on any atom is 0.384 e. The van der Waals surface area contributed by atoms with Crippen molar-refractivity contribution in [1.82, 2.24) is 0 Å². The first-order valence-electron chi connectivity index (χ1n) is 4.69. The van der Waals surface area contributed by atoms with Crippen LogP contribution in [0.3, 0.4) is 0 Å². The van der Waals surface area contributed by atoms with Gasteiger partial charge < -0.3 is 14.2 Å². The zero-order valence-corrected chi connectivity index (χ0v) is 10.2. The Labute approximate surface area is 104 Å². The summed E-state index contributed by atoms with van der Waals surface area (Å²) in [5, 5.41) is 0. The number of allylic oxidation sites excluding steroid dienone is 2. The summed E-state index contributed by atoms with van der Waals surface area (Å²) in [4.78, 5) is 32.8. The lowest BCUT2D eigenvalue weighted by atomic mass is 10.2. The van der Waals surface area contributed by atoms with Crippen molar-refractivity contribution in [2.75, 3.05) is 21.3 Å². The molecule has 0 bridgehead atoms. The van der Waals surface area contributed by atoms with Crippen molar-refractivity contribution in [3.8, 4) is 11.8 Å². The molecule has 0 aromatic rings. The molecule has 0 unspecified atom stereocenters. The van der Waals surface area contributed by atoms with E-state index in [-0.39, 0.29) is 5.57 Å². The fraction of sp³-hybridized carbons (Fsp3) is 0.250. The van der Waals surface area contributed by atoms with E-state index in [1.807, 2.05) is 0 Å². The smallest absolute Gasteiger partial charge is 0.384 e. The van der Waals surface area contributed by atoms with Crippen LogP contribution in [0.25, 0.3) is 0 Å². The molecule has 0 N–H and O–H groups in total. The highest BCUT2D eigenvalue weighted by Crippen LogP contribution is 1.97. The third-order valence-corrected chi connectivity index (χ3v) is 1.59. The molecule has 6 nitrogen and oxygen atoms in total. The molecule has 0 atom stereocenters. The second-order valence-electron chi connectivity index (χ2n) is 2.70. The molecule has 0 spiro atoms. The predicted octanol–water partition coefficient (Wildman–Crippen LogP) is -0.00860. The van der Waals surface area contributed by atoms with Crippen LogP contribution in [0.4, 0.5) is 0 Å². The third kappa shape index (κ3) is 6.12. The first kappa shape index (κ1) is 15.4. The van der Waals surface area contributed by atoms with Crippen molar-refractivity contribution >= 4 is 17.9 Å². The van der Waals surface area contributed by atoms with Gasteiger partial charge in [0.05, 0.1) is 21.3 Å². The van der Waals surface area contributed by atoms with Crippen molar-refractivity contribution in [3.05, 3.63) is 23.8 Å². The second-order valence-corrected chi connectivity index (χ2v) is 2.70. The van der Waals surface area contributed by atoms with Crippen molar-refractivity contribution in [2.24, 2.45) is 0 Å². The van der Waals surface area contributed by atoms with E-state index in [2.05, 4.69) is 26.1 Å². The fourth-order valence-corrected chi connectivity index (χ4v) is 0.731. The van der Waals surface area contributed by atoms with Gasteiger partial charge in [-0.15, -0.1) is 0 Å². The Hall–Kier alpha value is -2.55. The molecule has 0 saturated heterocycles. The van der Waals surface area contributed by atoms with Gasteiger partial charge in [-0.1, -0.05) is 6.08 Å². The molecule has 0 aliphatic rings. The Bertz CT molecular complexity index is 447. The molecule has 6 heteroatoms. The van der Waals surface area contributed by atoms with Crippen molar-refractivity contribution in [1.29, 1.82) is 0 Å². The number of esters is 3. The molecule has 0 aliphatic carbocycles. The van der Waals surface area contributed by atoms with Crippen molar-refractivity contribution in [2.45, 2.75) is 0 Å². The third-order valence-electron chi connectivity index (χ3n) is 1.59. The summed E-state index contributed by atoms with van der Waals surface area (Å²) >= 11 is 0. The number of hydrogen-bond donors (Lipinski definition) is 0. The van der Waals surface area contributed by atoms with Gasteiger partial charge in [0.15, 0.2) is 0 Å². The summed E-state index contributed by atoms with van der Waals surface area (Å²) in [6.07, 6.45) is 3.56. The van der Waals surface area contributed by atoms with E-state index in [0.29, 0.717) is 0 Å². The minimum absolute atomic E-state index is 0.0944. The van der Waals surface area contributed by atoms with Crippen molar-refractivity contribution in [3.63, 3.8) is 0 Å². The van der Waals surface area contributed by atoms with E-state index in [1.165, 1.54) is 26.4 Å². The van der Waals surface area contributed by atoms with Crippen LogP contribution in [-0.2, 0) is 28.6 Å². The van der Waals surface area contributed by atoms with Gasteiger partial charge >= 0.3 is 17.9 Å². The molecule has 0 fully saturated rings. The molecular formula is C12H12O6. The normalized spacial score (nSPS) is 10.3. The minimum atomic E-state index is -0.790. The van der Waals surface area contributed by atoms with Crippen LogP contribution in [0.2, 0.25) is 0 Å². The summed E-state index contributed by atoms with van der Waals surface area (Å²) in [5.74, 6) is 2.23. The number of ether oxygens (including phenoxy) is 3. The Kier molecular flexibility index (Phi) is 7.37. The molecule has 0 saturated carbocycles. The number of methoxy groups -OCH3 is 3. The maximum atomic E-state index is 11.3. The van der Waals surface area contributed by atoms with E-state index in [1.54, 1.807) is 0 Å². The van der Waals surface area contributed by atoms with E-state index in [0.717, 1.165) is 13.2 Å². The Morgan fingerprint density at radius 1 is 0.944 bits per heavy atom. The summed E-state index contributed by atoms with van der Waals surface area (Å²) in [5.41, 5.74) is -0.0944. The first-order chi connectivity index (χ1) is 8.54. The Morgan fingerprint density at radius 2 is 1.61 bits per heavy atom. The molecule has 96 valence electrons. The molecule has 0 radical (unpaired) electrons. The predicted molar refractivity (Wildman–Crippen MR) is 61.0 cm³/mol.